The third kappa shape index (κ3) is 3.62. The topological polar surface area (TPSA) is 96.9 Å². The molecule has 27 heavy (non-hydrogen) atoms. The van der Waals surface area contributed by atoms with Crippen molar-refractivity contribution in [2.24, 2.45) is 0 Å². The third-order valence-electron chi connectivity index (χ3n) is 4.08. The highest BCUT2D eigenvalue weighted by Crippen LogP contribution is 2.23. The number of methoxy groups -OCH3 is 1. The zero-order chi connectivity index (χ0) is 19.4. The Balaban J connectivity index is 2.12. The van der Waals surface area contributed by atoms with Gasteiger partial charge in [0.2, 0.25) is 5.88 Å². The monoisotopic (exact) mass is 362 g/mol. The van der Waals surface area contributed by atoms with Crippen molar-refractivity contribution in [3.8, 4) is 29.0 Å². The summed E-state index contributed by atoms with van der Waals surface area (Å²) in [5.74, 6) is 0.290. The molecule has 8 nitrogen and oxygen atoms in total. The highest BCUT2D eigenvalue weighted by molar-refractivity contribution is 5.93. The summed E-state index contributed by atoms with van der Waals surface area (Å²) in [6.07, 6.45) is 3.09. The second kappa shape index (κ2) is 7.66. The molecule has 8 heteroatoms. The van der Waals surface area contributed by atoms with Gasteiger partial charge in [0.25, 0.3) is 5.91 Å². The van der Waals surface area contributed by atoms with E-state index in [0.717, 1.165) is 0 Å². The minimum Gasteiger partial charge on any atom is -0.481 e. The van der Waals surface area contributed by atoms with Crippen molar-refractivity contribution in [1.82, 2.24) is 24.6 Å². The molecule has 0 spiro atoms. The molecule has 0 radical (unpaired) electrons. The van der Waals surface area contributed by atoms with Gasteiger partial charge in [0.1, 0.15) is 6.07 Å². The first-order valence-electron chi connectivity index (χ1n) is 8.29. The number of rotatable bonds is 5. The van der Waals surface area contributed by atoms with E-state index in [1.165, 1.54) is 6.20 Å². The maximum atomic E-state index is 12.6. The minimum atomic E-state index is -0.187. The number of nitriles is 1. The summed E-state index contributed by atoms with van der Waals surface area (Å²) in [5, 5.41) is 13.4. The van der Waals surface area contributed by atoms with E-state index < -0.39 is 0 Å². The van der Waals surface area contributed by atoms with Crippen molar-refractivity contribution in [3.63, 3.8) is 0 Å². The molecular weight excluding hydrogens is 344 g/mol. The SMILES string of the molecule is CCN(C)C(=O)c1cc(-c2ccc(C#N)cn2)n(-c2ccc(OC)nc2)n1. The van der Waals surface area contributed by atoms with Gasteiger partial charge in [-0.15, -0.1) is 0 Å². The summed E-state index contributed by atoms with van der Waals surface area (Å²) < 4.78 is 6.70. The van der Waals surface area contributed by atoms with Gasteiger partial charge in [0.05, 0.1) is 35.9 Å². The van der Waals surface area contributed by atoms with Crippen molar-refractivity contribution in [2.45, 2.75) is 6.92 Å². The number of carbonyl (C=O) groups excluding carboxylic acids is 1. The number of hydrogen-bond acceptors (Lipinski definition) is 6. The highest BCUT2D eigenvalue weighted by atomic mass is 16.5. The van der Waals surface area contributed by atoms with Gasteiger partial charge < -0.3 is 9.64 Å². The van der Waals surface area contributed by atoms with Gasteiger partial charge >= 0.3 is 0 Å². The second-order valence-corrected chi connectivity index (χ2v) is 5.75. The Bertz CT molecular complexity index is 987. The summed E-state index contributed by atoms with van der Waals surface area (Å²) in [6, 6.07) is 10.6. The van der Waals surface area contributed by atoms with Crippen LogP contribution in [-0.2, 0) is 0 Å². The van der Waals surface area contributed by atoms with Crippen molar-refractivity contribution >= 4 is 5.91 Å². The first kappa shape index (κ1) is 18.1. The minimum absolute atomic E-state index is 0.187. The van der Waals surface area contributed by atoms with Gasteiger partial charge in [-0.05, 0) is 31.2 Å². The zero-order valence-electron chi connectivity index (χ0n) is 15.2. The average molecular weight is 362 g/mol. The fourth-order valence-electron chi connectivity index (χ4n) is 2.43. The van der Waals surface area contributed by atoms with Crippen LogP contribution in [0.25, 0.3) is 17.1 Å². The molecule has 0 fully saturated rings. The van der Waals surface area contributed by atoms with Crippen LogP contribution in [0.4, 0.5) is 0 Å². The number of nitrogens with zero attached hydrogens (tertiary/aromatic N) is 6. The van der Waals surface area contributed by atoms with E-state index in [-0.39, 0.29) is 5.91 Å². The lowest BCUT2D eigenvalue weighted by Crippen LogP contribution is -2.26. The van der Waals surface area contributed by atoms with E-state index >= 15 is 0 Å². The molecule has 1 amide bonds. The number of aromatic nitrogens is 4. The molecule has 0 aliphatic heterocycles. The molecule has 3 heterocycles. The van der Waals surface area contributed by atoms with Crippen LogP contribution in [0.2, 0.25) is 0 Å². The Morgan fingerprint density at radius 3 is 2.63 bits per heavy atom. The molecule has 0 aliphatic carbocycles. The van der Waals surface area contributed by atoms with E-state index in [1.807, 2.05) is 13.0 Å². The van der Waals surface area contributed by atoms with Gasteiger partial charge in [-0.1, -0.05) is 0 Å². The second-order valence-electron chi connectivity index (χ2n) is 5.75. The van der Waals surface area contributed by atoms with Crippen LogP contribution >= 0.6 is 0 Å². The van der Waals surface area contributed by atoms with Crippen molar-refractivity contribution in [1.29, 1.82) is 5.26 Å². The van der Waals surface area contributed by atoms with Crippen LogP contribution < -0.4 is 4.74 Å². The number of pyridine rings is 2. The van der Waals surface area contributed by atoms with Crippen molar-refractivity contribution < 1.29 is 9.53 Å². The van der Waals surface area contributed by atoms with E-state index in [2.05, 4.69) is 15.1 Å². The van der Waals surface area contributed by atoms with Gasteiger partial charge in [0.15, 0.2) is 5.69 Å². The maximum Gasteiger partial charge on any atom is 0.274 e. The van der Waals surface area contributed by atoms with Gasteiger partial charge in [-0.3, -0.25) is 9.78 Å². The van der Waals surface area contributed by atoms with Crippen LogP contribution in [-0.4, -0.2) is 51.3 Å². The Morgan fingerprint density at radius 2 is 2.07 bits per heavy atom. The Labute approximate surface area is 156 Å². The highest BCUT2D eigenvalue weighted by Gasteiger charge is 2.20. The number of carbonyl (C=O) groups is 1. The summed E-state index contributed by atoms with van der Waals surface area (Å²) in [6.45, 7) is 2.46. The molecule has 3 aromatic rings. The van der Waals surface area contributed by atoms with E-state index in [1.54, 1.807) is 60.3 Å². The van der Waals surface area contributed by atoms with Crippen LogP contribution in [0.3, 0.4) is 0 Å². The fraction of sp³-hybridized carbons (Fsp3) is 0.211. The molecule has 0 bridgehead atoms. The van der Waals surface area contributed by atoms with Crippen molar-refractivity contribution in [2.75, 3.05) is 20.7 Å². The van der Waals surface area contributed by atoms with Gasteiger partial charge in [-0.25, -0.2) is 9.67 Å². The Hall–Kier alpha value is -3.73. The van der Waals surface area contributed by atoms with E-state index in [9.17, 15) is 4.79 Å². The summed E-state index contributed by atoms with van der Waals surface area (Å²) in [4.78, 5) is 22.7. The maximum absolute atomic E-state index is 12.6. The molecule has 0 N–H and O–H groups in total. The number of hydrogen-bond donors (Lipinski definition) is 0. The lowest BCUT2D eigenvalue weighted by Gasteiger charge is -2.11. The molecule has 0 aromatic carbocycles. The predicted octanol–water partition coefficient (Wildman–Crippen LogP) is 2.30. The first-order chi connectivity index (χ1) is 13.1. The fourth-order valence-corrected chi connectivity index (χ4v) is 2.43. The lowest BCUT2D eigenvalue weighted by atomic mass is 10.2. The van der Waals surface area contributed by atoms with Gasteiger partial charge in [0, 0.05) is 25.9 Å². The van der Waals surface area contributed by atoms with Crippen LogP contribution in [0, 0.1) is 11.3 Å². The normalized spacial score (nSPS) is 10.3. The molecule has 0 saturated carbocycles. The smallest absolute Gasteiger partial charge is 0.274 e. The molecule has 0 unspecified atom stereocenters. The van der Waals surface area contributed by atoms with Crippen molar-refractivity contribution in [3.05, 3.63) is 54.0 Å². The van der Waals surface area contributed by atoms with E-state index in [0.29, 0.717) is 40.8 Å². The largest absolute Gasteiger partial charge is 0.481 e. The summed E-state index contributed by atoms with van der Waals surface area (Å²) >= 11 is 0. The standard InChI is InChI=1S/C19H18N6O2/c1-4-24(2)19(26)16-9-17(15-7-5-13(10-20)11-21-15)25(23-16)14-6-8-18(27-3)22-12-14/h5-9,11-12H,4H2,1-3H3. The lowest BCUT2D eigenvalue weighted by molar-refractivity contribution is 0.0796. The third-order valence-corrected chi connectivity index (χ3v) is 4.08. The number of ether oxygens (including phenoxy) is 1. The van der Waals surface area contributed by atoms with Crippen LogP contribution in [0.15, 0.2) is 42.7 Å². The molecule has 3 aromatic heterocycles. The Morgan fingerprint density at radius 1 is 1.26 bits per heavy atom. The predicted molar refractivity (Wildman–Crippen MR) is 98.5 cm³/mol. The van der Waals surface area contributed by atoms with Crippen LogP contribution in [0.5, 0.6) is 5.88 Å². The van der Waals surface area contributed by atoms with E-state index in [4.69, 9.17) is 10.00 Å². The number of amides is 1. The molecular formula is C19H18N6O2. The molecule has 0 atom stereocenters. The quantitative estimate of drug-likeness (QED) is 0.691. The Kier molecular flexibility index (Phi) is 5.13. The first-order valence-corrected chi connectivity index (χ1v) is 8.29. The molecule has 0 saturated heterocycles. The average Bonchev–Trinajstić information content (AvgIpc) is 3.18. The van der Waals surface area contributed by atoms with Crippen LogP contribution in [0.1, 0.15) is 23.0 Å². The van der Waals surface area contributed by atoms with Gasteiger partial charge in [-0.2, -0.15) is 10.4 Å². The summed E-state index contributed by atoms with van der Waals surface area (Å²) in [5.41, 5.74) is 2.64. The zero-order valence-corrected chi connectivity index (χ0v) is 15.2. The molecule has 0 aliphatic rings. The summed E-state index contributed by atoms with van der Waals surface area (Å²) in [7, 11) is 3.26. The molecule has 3 rings (SSSR count). The molecule has 136 valence electrons.